The summed E-state index contributed by atoms with van der Waals surface area (Å²) in [6, 6.07) is 11.6. The quantitative estimate of drug-likeness (QED) is 0.746. The van der Waals surface area contributed by atoms with E-state index >= 15 is 0 Å². The summed E-state index contributed by atoms with van der Waals surface area (Å²) in [5.74, 6) is -0.485. The summed E-state index contributed by atoms with van der Waals surface area (Å²) < 4.78 is 14.7. The van der Waals surface area contributed by atoms with Crippen molar-refractivity contribution in [3.05, 3.63) is 52.8 Å². The zero-order chi connectivity index (χ0) is 14.1. The molecule has 0 bridgehead atoms. The second-order valence-electron chi connectivity index (χ2n) is 4.06. The number of hydrogen-bond donors (Lipinski definition) is 1. The van der Waals surface area contributed by atoms with Gasteiger partial charge in [0.1, 0.15) is 5.82 Å². The van der Waals surface area contributed by atoms with Crippen molar-refractivity contribution in [3.8, 4) is 6.07 Å². The molecule has 1 aromatic heterocycles. The lowest BCUT2D eigenvalue weighted by Gasteiger charge is -2.03. The van der Waals surface area contributed by atoms with Crippen LogP contribution in [0.15, 0.2) is 36.4 Å². The number of nitriles is 1. The molecule has 0 aliphatic carbocycles. The van der Waals surface area contributed by atoms with Gasteiger partial charge < -0.3 is 5.32 Å². The standard InChI is InChI=1S/C14H7ClFN3S/c15-9-2-4-13-12(6-9)19-14(20-13)18-11-3-1-8(7-17)5-10(11)16/h1-6H,(H,18,19). The SMILES string of the molecule is N#Cc1ccc(Nc2nc3cc(Cl)ccc3s2)c(F)c1. The highest BCUT2D eigenvalue weighted by Crippen LogP contribution is 2.30. The molecule has 0 spiro atoms. The average molecular weight is 304 g/mol. The molecule has 1 N–H and O–H groups in total. The molecule has 0 unspecified atom stereocenters. The molecule has 0 saturated heterocycles. The van der Waals surface area contributed by atoms with Gasteiger partial charge in [-0.15, -0.1) is 0 Å². The largest absolute Gasteiger partial charge is 0.329 e. The Bertz CT molecular complexity index is 838. The molecular formula is C14H7ClFN3S. The molecule has 0 aliphatic rings. The third-order valence-corrected chi connectivity index (χ3v) is 3.88. The fraction of sp³-hybridized carbons (Fsp3) is 0. The van der Waals surface area contributed by atoms with E-state index in [-0.39, 0.29) is 11.3 Å². The fourth-order valence-corrected chi connectivity index (χ4v) is 2.78. The molecule has 0 amide bonds. The highest BCUT2D eigenvalue weighted by atomic mass is 35.5. The fourth-order valence-electron chi connectivity index (χ4n) is 1.76. The summed E-state index contributed by atoms with van der Waals surface area (Å²) in [7, 11) is 0. The first-order valence-corrected chi connectivity index (χ1v) is 6.88. The normalized spacial score (nSPS) is 10.4. The van der Waals surface area contributed by atoms with Crippen molar-refractivity contribution >= 4 is 44.0 Å². The van der Waals surface area contributed by atoms with Crippen LogP contribution in [0.1, 0.15) is 5.56 Å². The number of aromatic nitrogens is 1. The highest BCUT2D eigenvalue weighted by Gasteiger charge is 2.08. The molecule has 0 radical (unpaired) electrons. The number of benzene rings is 2. The van der Waals surface area contributed by atoms with Gasteiger partial charge in [0.15, 0.2) is 5.13 Å². The molecular weight excluding hydrogens is 297 g/mol. The summed E-state index contributed by atoms with van der Waals surface area (Å²) in [6.07, 6.45) is 0. The molecule has 0 fully saturated rings. The number of thiazole rings is 1. The Hall–Kier alpha value is -2.16. The number of anilines is 2. The smallest absolute Gasteiger partial charge is 0.188 e. The molecule has 6 heteroatoms. The van der Waals surface area contributed by atoms with Crippen LogP contribution in [-0.2, 0) is 0 Å². The predicted octanol–water partition coefficient (Wildman–Crippen LogP) is 4.70. The molecule has 2 aromatic carbocycles. The monoisotopic (exact) mass is 303 g/mol. The van der Waals surface area contributed by atoms with E-state index in [1.54, 1.807) is 18.2 Å². The van der Waals surface area contributed by atoms with Crippen LogP contribution in [0.3, 0.4) is 0 Å². The number of nitrogens with one attached hydrogen (secondary N) is 1. The van der Waals surface area contributed by atoms with Gasteiger partial charge in [-0.3, -0.25) is 0 Å². The van der Waals surface area contributed by atoms with E-state index in [0.717, 1.165) is 10.2 Å². The Labute approximate surface area is 123 Å². The summed E-state index contributed by atoms with van der Waals surface area (Å²) in [5.41, 5.74) is 1.33. The van der Waals surface area contributed by atoms with E-state index in [9.17, 15) is 4.39 Å². The maximum Gasteiger partial charge on any atom is 0.188 e. The second-order valence-corrected chi connectivity index (χ2v) is 5.53. The highest BCUT2D eigenvalue weighted by molar-refractivity contribution is 7.22. The van der Waals surface area contributed by atoms with Crippen molar-refractivity contribution < 1.29 is 4.39 Å². The van der Waals surface area contributed by atoms with Gasteiger partial charge in [-0.1, -0.05) is 22.9 Å². The van der Waals surface area contributed by atoms with Crippen LogP contribution in [-0.4, -0.2) is 4.98 Å². The number of fused-ring (bicyclic) bond motifs is 1. The summed E-state index contributed by atoms with van der Waals surface area (Å²) in [4.78, 5) is 4.34. The van der Waals surface area contributed by atoms with Gasteiger partial charge in [0, 0.05) is 5.02 Å². The lowest BCUT2D eigenvalue weighted by molar-refractivity contribution is 0.631. The minimum absolute atomic E-state index is 0.282. The maximum absolute atomic E-state index is 13.8. The Kier molecular flexibility index (Phi) is 3.26. The lowest BCUT2D eigenvalue weighted by Crippen LogP contribution is -1.93. The van der Waals surface area contributed by atoms with E-state index in [0.29, 0.717) is 10.2 Å². The first-order chi connectivity index (χ1) is 9.65. The zero-order valence-electron chi connectivity index (χ0n) is 10.0. The van der Waals surface area contributed by atoms with E-state index < -0.39 is 5.82 Å². The first-order valence-electron chi connectivity index (χ1n) is 5.68. The second kappa shape index (κ2) is 5.08. The van der Waals surface area contributed by atoms with Crippen molar-refractivity contribution in [2.24, 2.45) is 0 Å². The summed E-state index contributed by atoms with van der Waals surface area (Å²) >= 11 is 7.31. The van der Waals surface area contributed by atoms with Crippen molar-refractivity contribution in [3.63, 3.8) is 0 Å². The van der Waals surface area contributed by atoms with Crippen LogP contribution in [0.25, 0.3) is 10.2 Å². The lowest BCUT2D eigenvalue weighted by atomic mass is 10.2. The molecule has 3 rings (SSSR count). The Morgan fingerprint density at radius 3 is 2.85 bits per heavy atom. The van der Waals surface area contributed by atoms with Crippen molar-refractivity contribution in [1.82, 2.24) is 4.98 Å². The van der Waals surface area contributed by atoms with Crippen LogP contribution in [0.2, 0.25) is 5.02 Å². The van der Waals surface area contributed by atoms with Crippen molar-refractivity contribution in [2.75, 3.05) is 5.32 Å². The number of halogens is 2. The van der Waals surface area contributed by atoms with Crippen LogP contribution in [0.5, 0.6) is 0 Å². The van der Waals surface area contributed by atoms with E-state index in [1.165, 1.54) is 23.5 Å². The Morgan fingerprint density at radius 2 is 2.10 bits per heavy atom. The van der Waals surface area contributed by atoms with Gasteiger partial charge in [0.2, 0.25) is 0 Å². The van der Waals surface area contributed by atoms with E-state index in [4.69, 9.17) is 16.9 Å². The Morgan fingerprint density at radius 1 is 1.25 bits per heavy atom. The van der Waals surface area contributed by atoms with Crippen LogP contribution >= 0.6 is 22.9 Å². The van der Waals surface area contributed by atoms with Gasteiger partial charge in [-0.25, -0.2) is 9.37 Å². The summed E-state index contributed by atoms with van der Waals surface area (Å²) in [5, 5.41) is 12.8. The molecule has 3 nitrogen and oxygen atoms in total. The van der Waals surface area contributed by atoms with Gasteiger partial charge in [-0.2, -0.15) is 5.26 Å². The van der Waals surface area contributed by atoms with Gasteiger partial charge >= 0.3 is 0 Å². The van der Waals surface area contributed by atoms with Crippen molar-refractivity contribution in [1.29, 1.82) is 5.26 Å². The van der Waals surface area contributed by atoms with Gasteiger partial charge in [0.05, 0.1) is 27.5 Å². The topological polar surface area (TPSA) is 48.7 Å². The first kappa shape index (κ1) is 12.9. The molecule has 0 atom stereocenters. The number of hydrogen-bond acceptors (Lipinski definition) is 4. The predicted molar refractivity (Wildman–Crippen MR) is 79.0 cm³/mol. The van der Waals surface area contributed by atoms with Crippen LogP contribution in [0, 0.1) is 17.1 Å². The van der Waals surface area contributed by atoms with Gasteiger partial charge in [-0.05, 0) is 36.4 Å². The van der Waals surface area contributed by atoms with E-state index in [2.05, 4.69) is 10.3 Å². The van der Waals surface area contributed by atoms with Crippen molar-refractivity contribution in [2.45, 2.75) is 0 Å². The van der Waals surface area contributed by atoms with Crippen LogP contribution < -0.4 is 5.32 Å². The summed E-state index contributed by atoms with van der Waals surface area (Å²) in [6.45, 7) is 0. The minimum Gasteiger partial charge on any atom is -0.329 e. The minimum atomic E-state index is -0.485. The third-order valence-electron chi connectivity index (χ3n) is 2.69. The molecule has 0 saturated carbocycles. The maximum atomic E-state index is 13.8. The zero-order valence-corrected chi connectivity index (χ0v) is 11.6. The molecule has 20 heavy (non-hydrogen) atoms. The average Bonchev–Trinajstić information content (AvgIpc) is 2.82. The molecule has 1 heterocycles. The number of rotatable bonds is 2. The third kappa shape index (κ3) is 2.44. The molecule has 0 aliphatic heterocycles. The Balaban J connectivity index is 1.95. The van der Waals surface area contributed by atoms with Crippen LogP contribution in [0.4, 0.5) is 15.2 Å². The molecule has 3 aromatic rings. The number of nitrogens with zero attached hydrogens (tertiary/aromatic N) is 2. The van der Waals surface area contributed by atoms with Gasteiger partial charge in [0.25, 0.3) is 0 Å². The molecule has 98 valence electrons. The van der Waals surface area contributed by atoms with E-state index in [1.807, 2.05) is 12.1 Å².